The first-order valence-electron chi connectivity index (χ1n) is 7.96. The molecule has 0 radical (unpaired) electrons. The van der Waals surface area contributed by atoms with Crippen molar-refractivity contribution in [2.75, 3.05) is 24.7 Å². The van der Waals surface area contributed by atoms with Crippen molar-refractivity contribution >= 4 is 22.9 Å². The molecule has 120 valence electrons. The van der Waals surface area contributed by atoms with Crippen LogP contribution in [0.5, 0.6) is 0 Å². The number of nitrogens with zero attached hydrogens (tertiary/aromatic N) is 4. The third-order valence-electron chi connectivity index (χ3n) is 3.55. The number of imidazole rings is 1. The van der Waals surface area contributed by atoms with Gasteiger partial charge in [-0.15, -0.1) is 0 Å². The van der Waals surface area contributed by atoms with Crippen LogP contribution in [0.3, 0.4) is 0 Å². The summed E-state index contributed by atoms with van der Waals surface area (Å²) in [5.74, 6) is 0.117. The summed E-state index contributed by atoms with van der Waals surface area (Å²) in [6.45, 7) is -3.99. The van der Waals surface area contributed by atoms with Gasteiger partial charge in [0.1, 0.15) is 12.2 Å². The van der Waals surface area contributed by atoms with E-state index < -0.39 is 37.6 Å². The summed E-state index contributed by atoms with van der Waals surface area (Å²) in [4.78, 5) is 11.9. The van der Waals surface area contributed by atoms with Crippen LogP contribution in [0, 0.1) is 0 Å². The number of ether oxygens (including phenoxy) is 1. The predicted molar refractivity (Wildman–Crippen MR) is 75.8 cm³/mol. The molecule has 0 saturated carbocycles. The molecular formula is C12H17FN6O3. The summed E-state index contributed by atoms with van der Waals surface area (Å²) < 4.78 is 44.4. The second-order valence-corrected chi connectivity index (χ2v) is 4.93. The maximum absolute atomic E-state index is 15.5. The summed E-state index contributed by atoms with van der Waals surface area (Å²) in [5.41, 5.74) is 2.68. The average Bonchev–Trinajstić information content (AvgIpc) is 3.06. The van der Waals surface area contributed by atoms with Crippen LogP contribution in [0.25, 0.3) is 11.2 Å². The van der Waals surface area contributed by atoms with Gasteiger partial charge < -0.3 is 26.0 Å². The van der Waals surface area contributed by atoms with E-state index in [1.165, 1.54) is 0 Å². The number of alkyl halides is 1. The second kappa shape index (κ2) is 5.00. The summed E-state index contributed by atoms with van der Waals surface area (Å²) in [6, 6.07) is 0. The van der Waals surface area contributed by atoms with Crippen molar-refractivity contribution < 1.29 is 23.5 Å². The molecule has 0 unspecified atom stereocenters. The number of hydrogen-bond acceptors (Lipinski definition) is 8. The van der Waals surface area contributed by atoms with Gasteiger partial charge in [0.15, 0.2) is 28.9 Å². The van der Waals surface area contributed by atoms with Gasteiger partial charge in [-0.2, -0.15) is 9.97 Å². The minimum absolute atomic E-state index is 0.0268. The number of aromatic nitrogens is 4. The Labute approximate surface area is 129 Å². The highest BCUT2D eigenvalue weighted by Crippen LogP contribution is 2.42. The molecule has 9 nitrogen and oxygen atoms in total. The van der Waals surface area contributed by atoms with Crippen LogP contribution < -0.4 is 11.1 Å². The fourth-order valence-corrected chi connectivity index (χ4v) is 2.45. The Hall–Kier alpha value is -2.04. The fraction of sp³-hybridized carbons (Fsp3) is 0.583. The molecule has 1 aliphatic heterocycles. The molecule has 3 rings (SSSR count). The molecule has 0 aromatic carbocycles. The van der Waals surface area contributed by atoms with E-state index in [0.717, 1.165) is 10.9 Å². The highest BCUT2D eigenvalue weighted by Gasteiger charge is 2.55. The predicted octanol–water partition coefficient (Wildman–Crippen LogP) is -0.571. The lowest BCUT2D eigenvalue weighted by atomic mass is 9.98. The van der Waals surface area contributed by atoms with Gasteiger partial charge in [-0.05, 0) is 6.85 Å². The number of fused-ring (bicyclic) bond motifs is 1. The average molecular weight is 315 g/mol. The molecule has 0 amide bonds. The minimum atomic E-state index is -3.23. The highest BCUT2D eigenvalue weighted by atomic mass is 19.1. The van der Waals surface area contributed by atoms with Crippen molar-refractivity contribution in [1.29, 1.82) is 0 Å². The van der Waals surface area contributed by atoms with Crippen molar-refractivity contribution in [1.82, 2.24) is 19.5 Å². The number of rotatable bonds is 3. The Morgan fingerprint density at radius 1 is 1.64 bits per heavy atom. The highest BCUT2D eigenvalue weighted by molar-refractivity contribution is 5.84. The molecule has 0 bridgehead atoms. The Kier molecular flexibility index (Phi) is 2.62. The zero-order valence-electron chi connectivity index (χ0n) is 14.6. The van der Waals surface area contributed by atoms with Crippen molar-refractivity contribution in [2.45, 2.75) is 31.0 Å². The van der Waals surface area contributed by atoms with E-state index in [1.807, 2.05) is 0 Å². The summed E-state index contributed by atoms with van der Waals surface area (Å²) in [6.07, 6.45) is -4.17. The normalized spacial score (nSPS) is 34.4. The third kappa shape index (κ3) is 1.99. The maximum atomic E-state index is 15.5. The van der Waals surface area contributed by atoms with E-state index in [-0.39, 0.29) is 22.9 Å². The van der Waals surface area contributed by atoms with Crippen molar-refractivity contribution in [3.63, 3.8) is 0 Å². The SMILES string of the molecule is [2H]C([2H])([2H])[C@@]1(F)[C@H](O)[C@@H](CO)O[C@H]1n1cnc2c(NC)nc(N)nc21. The molecule has 3 heterocycles. The van der Waals surface area contributed by atoms with Crippen LogP contribution in [0.4, 0.5) is 16.2 Å². The van der Waals surface area contributed by atoms with Gasteiger partial charge in [0.25, 0.3) is 0 Å². The van der Waals surface area contributed by atoms with E-state index in [0.29, 0.717) is 0 Å². The molecule has 1 fully saturated rings. The molecule has 1 aliphatic rings. The number of nitrogens with two attached hydrogens (primary N) is 1. The Bertz CT molecular complexity index is 802. The molecular weight excluding hydrogens is 295 g/mol. The van der Waals surface area contributed by atoms with E-state index in [2.05, 4.69) is 20.3 Å². The van der Waals surface area contributed by atoms with Crippen LogP contribution >= 0.6 is 0 Å². The molecule has 22 heavy (non-hydrogen) atoms. The largest absolute Gasteiger partial charge is 0.394 e. The van der Waals surface area contributed by atoms with Crippen molar-refractivity contribution in [2.24, 2.45) is 0 Å². The van der Waals surface area contributed by atoms with Crippen LogP contribution in [0.15, 0.2) is 6.33 Å². The second-order valence-electron chi connectivity index (χ2n) is 4.93. The maximum Gasteiger partial charge on any atom is 0.224 e. The molecule has 1 saturated heterocycles. The number of aliphatic hydroxyl groups excluding tert-OH is 2. The van der Waals surface area contributed by atoms with Crippen LogP contribution in [-0.2, 0) is 4.74 Å². The Morgan fingerprint density at radius 2 is 2.41 bits per heavy atom. The fourth-order valence-electron chi connectivity index (χ4n) is 2.45. The van der Waals surface area contributed by atoms with E-state index in [1.54, 1.807) is 7.05 Å². The van der Waals surface area contributed by atoms with E-state index >= 15 is 4.39 Å². The van der Waals surface area contributed by atoms with Crippen LogP contribution in [-0.4, -0.2) is 61.3 Å². The molecule has 0 spiro atoms. The molecule has 0 aliphatic carbocycles. The lowest BCUT2D eigenvalue weighted by Gasteiger charge is -2.24. The first-order chi connectivity index (χ1) is 11.6. The molecule has 2 aromatic heterocycles. The van der Waals surface area contributed by atoms with E-state index in [4.69, 9.17) is 14.6 Å². The number of hydrogen-bond donors (Lipinski definition) is 4. The first-order valence-corrected chi connectivity index (χ1v) is 6.46. The van der Waals surface area contributed by atoms with Gasteiger partial charge in [-0.25, -0.2) is 9.37 Å². The number of anilines is 2. The van der Waals surface area contributed by atoms with E-state index in [9.17, 15) is 10.2 Å². The van der Waals surface area contributed by atoms with Gasteiger partial charge in [0, 0.05) is 11.2 Å². The Balaban J connectivity index is 2.21. The smallest absolute Gasteiger partial charge is 0.224 e. The summed E-state index contributed by atoms with van der Waals surface area (Å²) in [7, 11) is 1.57. The van der Waals surface area contributed by atoms with Gasteiger partial charge >= 0.3 is 0 Å². The molecule has 5 N–H and O–H groups in total. The van der Waals surface area contributed by atoms with Gasteiger partial charge in [-0.1, -0.05) is 0 Å². The number of halogens is 1. The number of nitrogen functional groups attached to an aromatic ring is 1. The monoisotopic (exact) mass is 315 g/mol. The lowest BCUT2D eigenvalue weighted by Crippen LogP contribution is -2.40. The zero-order valence-corrected chi connectivity index (χ0v) is 11.6. The Morgan fingerprint density at radius 3 is 3.05 bits per heavy atom. The number of aliphatic hydroxyl groups is 2. The molecule has 10 heteroatoms. The topological polar surface area (TPSA) is 131 Å². The van der Waals surface area contributed by atoms with Gasteiger partial charge in [-0.3, -0.25) is 4.57 Å². The lowest BCUT2D eigenvalue weighted by molar-refractivity contribution is -0.0566. The zero-order chi connectivity index (χ0) is 18.6. The molecule has 2 aromatic rings. The van der Waals surface area contributed by atoms with Crippen LogP contribution in [0.2, 0.25) is 0 Å². The van der Waals surface area contributed by atoms with Crippen LogP contribution in [0.1, 0.15) is 17.2 Å². The minimum Gasteiger partial charge on any atom is -0.394 e. The van der Waals surface area contributed by atoms with Gasteiger partial charge in [0.05, 0.1) is 12.9 Å². The first kappa shape index (κ1) is 11.5. The third-order valence-corrected chi connectivity index (χ3v) is 3.55. The summed E-state index contributed by atoms with van der Waals surface area (Å²) >= 11 is 0. The summed E-state index contributed by atoms with van der Waals surface area (Å²) in [5, 5.41) is 22.1. The van der Waals surface area contributed by atoms with Gasteiger partial charge in [0.2, 0.25) is 5.95 Å². The molecule has 4 atom stereocenters. The van der Waals surface area contributed by atoms with Crippen molar-refractivity contribution in [3.8, 4) is 0 Å². The number of nitrogens with one attached hydrogen (secondary N) is 1. The van der Waals surface area contributed by atoms with Crippen molar-refractivity contribution in [3.05, 3.63) is 6.33 Å². The quantitative estimate of drug-likeness (QED) is 0.592. The standard InChI is InChI=1S/C12H17FN6O3/c1-12(13)7(21)5(3-20)22-10(12)19-4-16-6-8(15-2)17-11(14)18-9(6)19/h4-5,7,10,20-21H,3H2,1-2H3,(H3,14,15,17,18)/t5-,7-,10-,12-/m1/s1/i1D3.